The molecular weight excluding hydrogens is 305 g/mol. The molecule has 0 bridgehead atoms. The van der Waals surface area contributed by atoms with Gasteiger partial charge in [0, 0.05) is 31.1 Å². The van der Waals surface area contributed by atoms with Gasteiger partial charge in [0.15, 0.2) is 0 Å². The normalized spacial score (nSPS) is 15.4. The minimum absolute atomic E-state index is 0.0421. The fourth-order valence-corrected chi connectivity index (χ4v) is 2.99. The predicted molar refractivity (Wildman–Crippen MR) is 85.0 cm³/mol. The Morgan fingerprint density at radius 2 is 2.23 bits per heavy atom. The summed E-state index contributed by atoms with van der Waals surface area (Å²) in [5.41, 5.74) is 0.679. The van der Waals surface area contributed by atoms with E-state index >= 15 is 0 Å². The summed E-state index contributed by atoms with van der Waals surface area (Å²) in [4.78, 5) is 24.8. The van der Waals surface area contributed by atoms with Crippen molar-refractivity contribution < 1.29 is 14.0 Å². The molecule has 0 atom stereocenters. The maximum atomic E-state index is 13.4. The van der Waals surface area contributed by atoms with Gasteiger partial charge in [-0.15, -0.1) is 0 Å². The zero-order chi connectivity index (χ0) is 15.8. The van der Waals surface area contributed by atoms with Crippen LogP contribution < -0.4 is 10.6 Å². The van der Waals surface area contributed by atoms with E-state index < -0.39 is 0 Å². The molecule has 2 amide bonds. The van der Waals surface area contributed by atoms with Crippen LogP contribution in [0.5, 0.6) is 0 Å². The van der Waals surface area contributed by atoms with Gasteiger partial charge in [-0.1, -0.05) is 18.2 Å². The number of nitrogens with one attached hydrogen (secondary N) is 2. The van der Waals surface area contributed by atoms with Crippen molar-refractivity contribution in [1.29, 1.82) is 0 Å². The van der Waals surface area contributed by atoms with Crippen molar-refractivity contribution in [1.82, 2.24) is 15.5 Å². The molecule has 0 radical (unpaired) electrons. The first kappa shape index (κ1) is 16.8. The van der Waals surface area contributed by atoms with Gasteiger partial charge in [0.1, 0.15) is 5.82 Å². The second kappa shape index (κ2) is 8.75. The highest BCUT2D eigenvalue weighted by molar-refractivity contribution is 7.98. The zero-order valence-electron chi connectivity index (χ0n) is 12.3. The van der Waals surface area contributed by atoms with Crippen LogP contribution >= 0.6 is 11.8 Å². The van der Waals surface area contributed by atoms with Gasteiger partial charge in [0.25, 0.3) is 0 Å². The minimum Gasteiger partial charge on any atom is -0.354 e. The monoisotopic (exact) mass is 325 g/mol. The average molecular weight is 325 g/mol. The molecule has 1 aliphatic rings. The van der Waals surface area contributed by atoms with E-state index in [1.54, 1.807) is 23.9 Å². The summed E-state index contributed by atoms with van der Waals surface area (Å²) in [6.07, 6.45) is 0. The first-order valence-electron chi connectivity index (χ1n) is 7.22. The first-order chi connectivity index (χ1) is 10.6. The number of carbonyl (C=O) groups is 2. The Hall–Kier alpha value is -1.60. The van der Waals surface area contributed by atoms with Crippen LogP contribution in [0.15, 0.2) is 24.3 Å². The molecule has 0 aromatic heterocycles. The number of hydrogen-bond acceptors (Lipinski definition) is 4. The number of benzene rings is 1. The summed E-state index contributed by atoms with van der Waals surface area (Å²) in [5, 5.41) is 5.54. The molecule has 22 heavy (non-hydrogen) atoms. The standard InChI is InChI=1S/C15H20FN3O2S/c16-13-4-2-1-3-12(13)11-22-8-6-18-15(21)10-19-7-5-17-14(20)9-19/h1-4H,5-11H2,(H,17,20)(H,18,21). The van der Waals surface area contributed by atoms with Crippen LogP contribution in [0, 0.1) is 5.82 Å². The number of halogens is 1. The van der Waals surface area contributed by atoms with Gasteiger partial charge in [-0.2, -0.15) is 11.8 Å². The number of hydrogen-bond donors (Lipinski definition) is 2. The SMILES string of the molecule is O=C(CN1CCNC(=O)C1)NCCSCc1ccccc1F. The van der Waals surface area contributed by atoms with Gasteiger partial charge in [0.2, 0.25) is 11.8 Å². The van der Waals surface area contributed by atoms with Gasteiger partial charge < -0.3 is 10.6 Å². The third-order valence-corrected chi connectivity index (χ3v) is 4.28. The molecule has 1 aliphatic heterocycles. The summed E-state index contributed by atoms with van der Waals surface area (Å²) in [7, 11) is 0. The molecule has 5 nitrogen and oxygen atoms in total. The summed E-state index contributed by atoms with van der Waals surface area (Å²) in [6, 6.07) is 6.70. The van der Waals surface area contributed by atoms with Crippen LogP contribution in [0.2, 0.25) is 0 Å². The topological polar surface area (TPSA) is 61.4 Å². The van der Waals surface area contributed by atoms with Crippen LogP contribution in [-0.2, 0) is 15.3 Å². The molecule has 1 fully saturated rings. The second-order valence-electron chi connectivity index (χ2n) is 5.05. The van der Waals surface area contributed by atoms with Crippen molar-refractivity contribution in [3.8, 4) is 0 Å². The smallest absolute Gasteiger partial charge is 0.234 e. The average Bonchev–Trinajstić information content (AvgIpc) is 2.48. The number of nitrogens with zero attached hydrogens (tertiary/aromatic N) is 1. The van der Waals surface area contributed by atoms with Crippen molar-refractivity contribution >= 4 is 23.6 Å². The van der Waals surface area contributed by atoms with Crippen LogP contribution in [-0.4, -0.2) is 55.2 Å². The molecule has 7 heteroatoms. The fraction of sp³-hybridized carbons (Fsp3) is 0.467. The van der Waals surface area contributed by atoms with Crippen LogP contribution in [0.25, 0.3) is 0 Å². The molecule has 2 N–H and O–H groups in total. The van der Waals surface area contributed by atoms with Gasteiger partial charge in [-0.3, -0.25) is 14.5 Å². The Balaban J connectivity index is 1.57. The van der Waals surface area contributed by atoms with Crippen molar-refractivity contribution in [3.63, 3.8) is 0 Å². The van der Waals surface area contributed by atoms with Crippen molar-refractivity contribution in [2.75, 3.05) is 38.5 Å². The molecule has 0 unspecified atom stereocenters. The Morgan fingerprint density at radius 1 is 1.41 bits per heavy atom. The van der Waals surface area contributed by atoms with E-state index in [2.05, 4.69) is 10.6 Å². The third-order valence-electron chi connectivity index (χ3n) is 3.27. The Labute approximate surface area is 133 Å². The Bertz CT molecular complexity index is 527. The lowest BCUT2D eigenvalue weighted by Crippen LogP contribution is -2.50. The Morgan fingerprint density at radius 3 is 3.00 bits per heavy atom. The predicted octanol–water partition coefficient (Wildman–Crippen LogP) is 0.607. The van der Waals surface area contributed by atoms with E-state index in [9.17, 15) is 14.0 Å². The van der Waals surface area contributed by atoms with Crippen molar-refractivity contribution in [2.24, 2.45) is 0 Å². The summed E-state index contributed by atoms with van der Waals surface area (Å²) >= 11 is 1.58. The van der Waals surface area contributed by atoms with E-state index in [-0.39, 0.29) is 30.7 Å². The van der Waals surface area contributed by atoms with E-state index in [4.69, 9.17) is 0 Å². The summed E-state index contributed by atoms with van der Waals surface area (Å²) < 4.78 is 13.4. The molecule has 1 saturated heterocycles. The van der Waals surface area contributed by atoms with Gasteiger partial charge >= 0.3 is 0 Å². The molecule has 1 aromatic carbocycles. The minimum atomic E-state index is -0.192. The molecular formula is C15H20FN3O2S. The lowest BCUT2D eigenvalue weighted by atomic mass is 10.2. The van der Waals surface area contributed by atoms with Crippen LogP contribution in [0.3, 0.4) is 0 Å². The van der Waals surface area contributed by atoms with Crippen LogP contribution in [0.4, 0.5) is 4.39 Å². The van der Waals surface area contributed by atoms with Crippen LogP contribution in [0.1, 0.15) is 5.56 Å². The quantitative estimate of drug-likeness (QED) is 0.721. The molecule has 0 aliphatic carbocycles. The van der Waals surface area contributed by atoms with Gasteiger partial charge in [-0.05, 0) is 11.6 Å². The number of rotatable bonds is 7. The zero-order valence-corrected chi connectivity index (χ0v) is 13.1. The second-order valence-corrected chi connectivity index (χ2v) is 6.16. The Kier molecular flexibility index (Phi) is 6.67. The molecule has 0 saturated carbocycles. The molecule has 2 rings (SSSR count). The van der Waals surface area contributed by atoms with Gasteiger partial charge in [0.05, 0.1) is 13.1 Å². The number of piperazine rings is 1. The number of amides is 2. The van der Waals surface area contributed by atoms with Gasteiger partial charge in [-0.25, -0.2) is 4.39 Å². The summed E-state index contributed by atoms with van der Waals surface area (Å²) in [6.45, 7) is 2.34. The highest BCUT2D eigenvalue weighted by Crippen LogP contribution is 2.14. The lowest BCUT2D eigenvalue weighted by Gasteiger charge is -2.25. The highest BCUT2D eigenvalue weighted by Gasteiger charge is 2.18. The number of carbonyl (C=O) groups excluding carboxylic acids is 2. The van der Waals surface area contributed by atoms with Crippen molar-refractivity contribution in [2.45, 2.75) is 5.75 Å². The fourth-order valence-electron chi connectivity index (χ4n) is 2.15. The molecule has 1 heterocycles. The van der Waals surface area contributed by atoms with Crippen molar-refractivity contribution in [3.05, 3.63) is 35.6 Å². The largest absolute Gasteiger partial charge is 0.354 e. The molecule has 1 aromatic rings. The van der Waals surface area contributed by atoms with E-state index in [1.165, 1.54) is 6.07 Å². The van der Waals surface area contributed by atoms with E-state index in [0.29, 0.717) is 31.0 Å². The lowest BCUT2D eigenvalue weighted by molar-refractivity contribution is -0.126. The molecule has 0 spiro atoms. The van der Waals surface area contributed by atoms with E-state index in [0.717, 1.165) is 5.75 Å². The maximum absolute atomic E-state index is 13.4. The summed E-state index contributed by atoms with van der Waals surface area (Å²) in [5.74, 6) is 0.998. The van der Waals surface area contributed by atoms with E-state index in [1.807, 2.05) is 11.0 Å². The number of thioether (sulfide) groups is 1. The third kappa shape index (κ3) is 5.65. The highest BCUT2D eigenvalue weighted by atomic mass is 32.2. The first-order valence-corrected chi connectivity index (χ1v) is 8.37. The molecule has 120 valence electrons. The maximum Gasteiger partial charge on any atom is 0.234 e.